The monoisotopic (exact) mass is 297 g/mol. The van der Waals surface area contributed by atoms with Gasteiger partial charge in [0.1, 0.15) is 5.71 Å². The summed E-state index contributed by atoms with van der Waals surface area (Å²) in [6, 6.07) is 15.1. The van der Waals surface area contributed by atoms with E-state index in [1.807, 2.05) is 24.3 Å². The van der Waals surface area contributed by atoms with Gasteiger partial charge in [0.2, 0.25) is 0 Å². The van der Waals surface area contributed by atoms with E-state index in [0.717, 1.165) is 4.90 Å². The van der Waals surface area contributed by atoms with Crippen molar-refractivity contribution in [2.75, 3.05) is 0 Å². The van der Waals surface area contributed by atoms with E-state index in [1.165, 1.54) is 29.8 Å². The zero-order valence-corrected chi connectivity index (χ0v) is 11.7. The Labute approximate surface area is 121 Å². The van der Waals surface area contributed by atoms with E-state index in [2.05, 4.69) is 19.6 Å². The highest BCUT2D eigenvalue weighted by molar-refractivity contribution is 7.80. The largest absolute Gasteiger partial charge is 0.433 e. The first kappa shape index (κ1) is 16.3. The summed E-state index contributed by atoms with van der Waals surface area (Å²) >= 11 is 4.13. The van der Waals surface area contributed by atoms with E-state index in [9.17, 15) is 13.2 Å². The van der Waals surface area contributed by atoms with Gasteiger partial charge in [-0.25, -0.2) is 0 Å². The molecule has 0 fully saturated rings. The minimum Gasteiger partial charge on any atom is -0.296 e. The number of hydrogen-bond acceptors (Lipinski definition) is 2. The number of rotatable bonds is 1. The molecule has 0 bridgehead atoms. The summed E-state index contributed by atoms with van der Waals surface area (Å²) in [6.45, 7) is 2.06. The maximum Gasteiger partial charge on any atom is 0.433 e. The van der Waals surface area contributed by atoms with Crippen LogP contribution in [0.25, 0.3) is 0 Å². The van der Waals surface area contributed by atoms with E-state index in [-0.39, 0.29) is 5.56 Å². The molecule has 0 saturated carbocycles. The highest BCUT2D eigenvalue weighted by Crippen LogP contribution is 2.20. The van der Waals surface area contributed by atoms with Gasteiger partial charge in [-0.2, -0.15) is 13.2 Å². The van der Waals surface area contributed by atoms with Gasteiger partial charge < -0.3 is 0 Å². The highest BCUT2D eigenvalue weighted by Gasteiger charge is 2.34. The van der Waals surface area contributed by atoms with E-state index in [4.69, 9.17) is 5.41 Å². The number of hydrogen-bond donors (Lipinski definition) is 2. The minimum atomic E-state index is -4.55. The quantitative estimate of drug-likeness (QED) is 0.552. The van der Waals surface area contributed by atoms with Crippen LogP contribution in [-0.2, 0) is 0 Å². The summed E-state index contributed by atoms with van der Waals surface area (Å²) in [5, 5.41) is 6.76. The Morgan fingerprint density at radius 2 is 1.45 bits per heavy atom. The van der Waals surface area contributed by atoms with Crippen LogP contribution in [0.4, 0.5) is 13.2 Å². The van der Waals surface area contributed by atoms with Gasteiger partial charge in [0.15, 0.2) is 0 Å². The van der Waals surface area contributed by atoms with Crippen molar-refractivity contribution in [3.05, 3.63) is 65.7 Å². The molecule has 2 aromatic rings. The molecule has 0 atom stereocenters. The van der Waals surface area contributed by atoms with Crippen molar-refractivity contribution in [2.45, 2.75) is 18.0 Å². The molecule has 0 spiro atoms. The van der Waals surface area contributed by atoms with E-state index < -0.39 is 11.9 Å². The van der Waals surface area contributed by atoms with Gasteiger partial charge in [0.25, 0.3) is 0 Å². The fourth-order valence-corrected chi connectivity index (χ4v) is 1.46. The van der Waals surface area contributed by atoms with Crippen LogP contribution in [0, 0.1) is 12.3 Å². The Kier molecular flexibility index (Phi) is 5.82. The standard InChI is InChI=1S/C8H6F3N.C7H8S/c9-8(10,11)7(12)6-4-2-1-3-5-6;1-6-2-4-7(8)5-3-6/h1-5,12H;2-5,8H,1H3. The van der Waals surface area contributed by atoms with Crippen molar-refractivity contribution in [1.29, 1.82) is 5.41 Å². The zero-order valence-electron chi connectivity index (χ0n) is 10.8. The third-order valence-electron chi connectivity index (χ3n) is 2.38. The van der Waals surface area contributed by atoms with Gasteiger partial charge in [0, 0.05) is 10.5 Å². The van der Waals surface area contributed by atoms with Crippen molar-refractivity contribution in [3.63, 3.8) is 0 Å². The third-order valence-corrected chi connectivity index (χ3v) is 2.68. The van der Waals surface area contributed by atoms with Gasteiger partial charge >= 0.3 is 6.18 Å². The van der Waals surface area contributed by atoms with Crippen molar-refractivity contribution in [1.82, 2.24) is 0 Å². The Bertz CT molecular complexity index is 527. The topological polar surface area (TPSA) is 23.9 Å². The molecule has 0 radical (unpaired) electrons. The average Bonchev–Trinajstić information content (AvgIpc) is 2.42. The lowest BCUT2D eigenvalue weighted by atomic mass is 10.1. The molecule has 0 aliphatic carbocycles. The molecule has 0 aliphatic heterocycles. The second-order valence-electron chi connectivity index (χ2n) is 4.07. The van der Waals surface area contributed by atoms with Crippen molar-refractivity contribution in [3.8, 4) is 0 Å². The van der Waals surface area contributed by atoms with E-state index in [1.54, 1.807) is 6.07 Å². The molecule has 0 saturated heterocycles. The molecule has 0 unspecified atom stereocenters. The molecule has 1 N–H and O–H groups in total. The minimum absolute atomic E-state index is 0.106. The molecule has 20 heavy (non-hydrogen) atoms. The summed E-state index contributed by atoms with van der Waals surface area (Å²) in [7, 11) is 0. The average molecular weight is 297 g/mol. The molecule has 2 rings (SSSR count). The van der Waals surface area contributed by atoms with Gasteiger partial charge in [0.05, 0.1) is 0 Å². The van der Waals surface area contributed by atoms with E-state index in [0.29, 0.717) is 0 Å². The second-order valence-corrected chi connectivity index (χ2v) is 4.59. The summed E-state index contributed by atoms with van der Waals surface area (Å²) in [5.74, 6) is 0. The third kappa shape index (κ3) is 5.48. The molecule has 0 heterocycles. The normalized spacial score (nSPS) is 10.4. The first-order chi connectivity index (χ1) is 9.30. The Morgan fingerprint density at radius 1 is 0.950 bits per heavy atom. The Hall–Kier alpha value is -1.75. The lowest BCUT2D eigenvalue weighted by molar-refractivity contribution is -0.0587. The fraction of sp³-hybridized carbons (Fsp3) is 0.133. The zero-order chi connectivity index (χ0) is 15.2. The maximum absolute atomic E-state index is 11.9. The van der Waals surface area contributed by atoms with Crippen LogP contribution in [0.3, 0.4) is 0 Å². The molecule has 1 nitrogen and oxygen atoms in total. The SMILES string of the molecule is Cc1ccc(S)cc1.N=C(c1ccccc1)C(F)(F)F. The summed E-state index contributed by atoms with van der Waals surface area (Å²) in [6.07, 6.45) is -4.55. The summed E-state index contributed by atoms with van der Waals surface area (Å²) < 4.78 is 35.7. The lowest BCUT2D eigenvalue weighted by Gasteiger charge is -2.06. The van der Waals surface area contributed by atoms with Gasteiger partial charge in [-0.05, 0) is 19.1 Å². The Balaban J connectivity index is 0.000000217. The predicted molar refractivity (Wildman–Crippen MR) is 77.8 cm³/mol. The second kappa shape index (κ2) is 7.14. The molecule has 0 amide bonds. The fourth-order valence-electron chi connectivity index (χ4n) is 1.31. The van der Waals surface area contributed by atoms with E-state index >= 15 is 0 Å². The molecule has 106 valence electrons. The van der Waals surface area contributed by atoms with Crippen LogP contribution in [0.15, 0.2) is 59.5 Å². The number of alkyl halides is 3. The van der Waals surface area contributed by atoms with Crippen LogP contribution in [0.2, 0.25) is 0 Å². The molecule has 5 heteroatoms. The molecule has 2 aromatic carbocycles. The van der Waals surface area contributed by atoms with Crippen molar-refractivity contribution >= 4 is 18.3 Å². The first-order valence-corrected chi connectivity index (χ1v) is 6.22. The van der Waals surface area contributed by atoms with Crippen LogP contribution < -0.4 is 0 Å². The van der Waals surface area contributed by atoms with Crippen LogP contribution in [0.5, 0.6) is 0 Å². The number of nitrogens with one attached hydrogen (secondary N) is 1. The van der Waals surface area contributed by atoms with Crippen molar-refractivity contribution in [2.24, 2.45) is 0 Å². The molecular formula is C15H14F3NS. The number of thiol groups is 1. The molecule has 0 aromatic heterocycles. The number of halogens is 3. The number of aryl methyl sites for hydroxylation is 1. The van der Waals surface area contributed by atoms with Crippen molar-refractivity contribution < 1.29 is 13.2 Å². The van der Waals surface area contributed by atoms with Crippen LogP contribution in [-0.4, -0.2) is 11.9 Å². The highest BCUT2D eigenvalue weighted by atomic mass is 32.1. The van der Waals surface area contributed by atoms with Gasteiger partial charge in [-0.1, -0.05) is 48.0 Å². The first-order valence-electron chi connectivity index (χ1n) is 5.77. The molecule has 0 aliphatic rings. The van der Waals surface area contributed by atoms with Gasteiger partial charge in [-0.3, -0.25) is 5.41 Å². The van der Waals surface area contributed by atoms with Gasteiger partial charge in [-0.15, -0.1) is 12.6 Å². The lowest BCUT2D eigenvalue weighted by Crippen LogP contribution is -2.22. The maximum atomic E-state index is 11.9. The predicted octanol–water partition coefficient (Wildman–Crippen LogP) is 4.90. The Morgan fingerprint density at radius 3 is 1.85 bits per heavy atom. The molecular weight excluding hydrogens is 283 g/mol. The smallest absolute Gasteiger partial charge is 0.296 e. The summed E-state index contributed by atoms with van der Waals surface area (Å²) in [5.41, 5.74) is -0.129. The van der Waals surface area contributed by atoms with Crippen LogP contribution in [0.1, 0.15) is 11.1 Å². The number of benzene rings is 2. The van der Waals surface area contributed by atoms with Crippen LogP contribution >= 0.6 is 12.6 Å². The summed E-state index contributed by atoms with van der Waals surface area (Å²) in [4.78, 5) is 1.02.